The minimum atomic E-state index is 0.688. The van der Waals surface area contributed by atoms with Gasteiger partial charge in [-0.15, -0.1) is 11.8 Å². The molecule has 0 radical (unpaired) electrons. The van der Waals surface area contributed by atoms with Crippen molar-refractivity contribution in [1.29, 1.82) is 0 Å². The number of benzene rings is 1. The van der Waals surface area contributed by atoms with Gasteiger partial charge in [-0.05, 0) is 44.2 Å². The maximum Gasteiger partial charge on any atom is 0.194 e. The second-order valence-corrected chi connectivity index (χ2v) is 7.03. The lowest BCUT2D eigenvalue weighted by atomic mass is 10.2. The van der Waals surface area contributed by atoms with Gasteiger partial charge in [-0.3, -0.25) is 4.99 Å². The fourth-order valence-corrected chi connectivity index (χ4v) is 3.74. The first-order chi connectivity index (χ1) is 10.3. The summed E-state index contributed by atoms with van der Waals surface area (Å²) >= 11 is 1.98. The van der Waals surface area contributed by atoms with Crippen LogP contribution in [0.25, 0.3) is 0 Å². The van der Waals surface area contributed by atoms with Crippen LogP contribution in [0.3, 0.4) is 0 Å². The molecule has 114 valence electrons. The van der Waals surface area contributed by atoms with Crippen molar-refractivity contribution in [2.24, 2.45) is 10.9 Å². The molecule has 0 bridgehead atoms. The van der Waals surface area contributed by atoms with Gasteiger partial charge in [0.15, 0.2) is 5.96 Å². The molecule has 1 atom stereocenters. The Labute approximate surface area is 132 Å². The molecule has 1 aliphatic heterocycles. The van der Waals surface area contributed by atoms with Crippen LogP contribution in [-0.4, -0.2) is 42.3 Å². The number of nitrogens with zero attached hydrogens (tertiary/aromatic N) is 2. The monoisotopic (exact) mass is 303 g/mol. The lowest BCUT2D eigenvalue weighted by Gasteiger charge is -2.22. The third-order valence-electron chi connectivity index (χ3n) is 4.03. The zero-order valence-corrected chi connectivity index (χ0v) is 13.6. The van der Waals surface area contributed by atoms with E-state index in [1.165, 1.54) is 29.9 Å². The largest absolute Gasteiger partial charge is 0.354 e. The van der Waals surface area contributed by atoms with Gasteiger partial charge < -0.3 is 10.2 Å². The van der Waals surface area contributed by atoms with E-state index >= 15 is 0 Å². The summed E-state index contributed by atoms with van der Waals surface area (Å²) in [6.07, 6.45) is 3.91. The summed E-state index contributed by atoms with van der Waals surface area (Å²) < 4.78 is 0. The molecule has 1 aliphatic carbocycles. The summed E-state index contributed by atoms with van der Waals surface area (Å²) in [4.78, 5) is 8.50. The van der Waals surface area contributed by atoms with Crippen LogP contribution in [0.1, 0.15) is 26.2 Å². The number of likely N-dealkylation sites (tertiary alicyclic amines) is 1. The zero-order valence-electron chi connectivity index (χ0n) is 12.8. The number of hydrogen-bond acceptors (Lipinski definition) is 2. The van der Waals surface area contributed by atoms with Crippen LogP contribution in [-0.2, 0) is 0 Å². The highest BCUT2D eigenvalue weighted by Crippen LogP contribution is 2.26. The van der Waals surface area contributed by atoms with E-state index in [0.717, 1.165) is 31.5 Å². The van der Waals surface area contributed by atoms with E-state index in [-0.39, 0.29) is 0 Å². The van der Waals surface area contributed by atoms with E-state index in [4.69, 9.17) is 0 Å². The zero-order chi connectivity index (χ0) is 14.5. The molecule has 1 N–H and O–H groups in total. The molecular weight excluding hydrogens is 278 g/mol. The summed E-state index contributed by atoms with van der Waals surface area (Å²) in [7, 11) is 0. The Bertz CT molecular complexity index is 470. The van der Waals surface area contributed by atoms with Crippen molar-refractivity contribution in [3.05, 3.63) is 30.3 Å². The van der Waals surface area contributed by atoms with E-state index < -0.39 is 0 Å². The number of nitrogens with one attached hydrogen (secondary N) is 1. The van der Waals surface area contributed by atoms with E-state index in [1.807, 2.05) is 11.8 Å². The first-order valence-corrected chi connectivity index (χ1v) is 9.07. The minimum Gasteiger partial charge on any atom is -0.354 e. The lowest BCUT2D eigenvalue weighted by molar-refractivity contribution is 0.472. The van der Waals surface area contributed by atoms with Gasteiger partial charge in [0.25, 0.3) is 0 Å². The highest BCUT2D eigenvalue weighted by atomic mass is 32.2. The molecule has 1 aromatic carbocycles. The van der Waals surface area contributed by atoms with Gasteiger partial charge in [0, 0.05) is 36.3 Å². The third kappa shape index (κ3) is 4.40. The SMILES string of the molecule is CCN=C(NC1CC1)N1CCC(CSc2ccccc2)C1. The molecule has 1 heterocycles. The van der Waals surface area contributed by atoms with Crippen molar-refractivity contribution in [2.45, 2.75) is 37.1 Å². The van der Waals surface area contributed by atoms with Crippen LogP contribution in [0.4, 0.5) is 0 Å². The van der Waals surface area contributed by atoms with Crippen LogP contribution < -0.4 is 5.32 Å². The van der Waals surface area contributed by atoms with Crippen molar-refractivity contribution >= 4 is 17.7 Å². The highest BCUT2D eigenvalue weighted by Gasteiger charge is 2.29. The van der Waals surface area contributed by atoms with Crippen LogP contribution in [0.15, 0.2) is 40.2 Å². The van der Waals surface area contributed by atoms with Gasteiger partial charge in [0.1, 0.15) is 0 Å². The number of rotatable bonds is 5. The summed E-state index contributed by atoms with van der Waals surface area (Å²) in [6, 6.07) is 11.4. The molecule has 0 spiro atoms. The fraction of sp³-hybridized carbons (Fsp3) is 0.588. The van der Waals surface area contributed by atoms with E-state index in [0.29, 0.717) is 6.04 Å². The molecule has 0 amide bonds. The first-order valence-electron chi connectivity index (χ1n) is 8.09. The molecular formula is C17H25N3S. The standard InChI is InChI=1S/C17H25N3S/c1-2-18-17(19-15-8-9-15)20-11-10-14(12-20)13-21-16-6-4-3-5-7-16/h3-7,14-15H,2,8-13H2,1H3,(H,18,19). The minimum absolute atomic E-state index is 0.688. The maximum absolute atomic E-state index is 4.66. The summed E-state index contributed by atoms with van der Waals surface area (Å²) in [6.45, 7) is 5.29. The summed E-state index contributed by atoms with van der Waals surface area (Å²) in [5, 5.41) is 3.60. The van der Waals surface area contributed by atoms with Gasteiger partial charge in [-0.2, -0.15) is 0 Å². The maximum atomic E-state index is 4.66. The summed E-state index contributed by atoms with van der Waals surface area (Å²) in [5.41, 5.74) is 0. The predicted molar refractivity (Wildman–Crippen MR) is 91.0 cm³/mol. The van der Waals surface area contributed by atoms with Crippen molar-refractivity contribution in [2.75, 3.05) is 25.4 Å². The van der Waals surface area contributed by atoms with Gasteiger partial charge >= 0.3 is 0 Å². The molecule has 4 heteroatoms. The Hall–Kier alpha value is -1.16. The van der Waals surface area contributed by atoms with Gasteiger partial charge in [-0.1, -0.05) is 18.2 Å². The summed E-state index contributed by atoms with van der Waals surface area (Å²) in [5.74, 6) is 3.13. The number of aliphatic imine (C=N–C) groups is 1. The van der Waals surface area contributed by atoms with Crippen LogP contribution >= 0.6 is 11.8 Å². The molecule has 2 fully saturated rings. The number of guanidine groups is 1. The predicted octanol–water partition coefficient (Wildman–Crippen LogP) is 3.23. The van der Waals surface area contributed by atoms with Crippen LogP contribution in [0.2, 0.25) is 0 Å². The molecule has 2 aliphatic rings. The van der Waals surface area contributed by atoms with Crippen molar-refractivity contribution < 1.29 is 0 Å². The normalized spacial score (nSPS) is 22.6. The average Bonchev–Trinajstić information content (AvgIpc) is 3.21. The Balaban J connectivity index is 1.48. The van der Waals surface area contributed by atoms with Gasteiger partial charge in [0.05, 0.1) is 0 Å². The molecule has 21 heavy (non-hydrogen) atoms. The molecule has 1 aromatic rings. The molecule has 3 rings (SSSR count). The Morgan fingerprint density at radius 2 is 2.10 bits per heavy atom. The number of hydrogen-bond donors (Lipinski definition) is 1. The second-order valence-electron chi connectivity index (χ2n) is 5.94. The molecule has 3 nitrogen and oxygen atoms in total. The molecule has 1 saturated heterocycles. The Morgan fingerprint density at radius 3 is 2.81 bits per heavy atom. The second kappa shape index (κ2) is 7.21. The first kappa shape index (κ1) is 14.8. The van der Waals surface area contributed by atoms with Crippen molar-refractivity contribution in [3.8, 4) is 0 Å². The van der Waals surface area contributed by atoms with Crippen molar-refractivity contribution in [1.82, 2.24) is 10.2 Å². The van der Waals surface area contributed by atoms with Crippen LogP contribution in [0.5, 0.6) is 0 Å². The van der Waals surface area contributed by atoms with E-state index in [2.05, 4.69) is 52.5 Å². The quantitative estimate of drug-likeness (QED) is 0.514. The van der Waals surface area contributed by atoms with E-state index in [9.17, 15) is 0 Å². The third-order valence-corrected chi connectivity index (χ3v) is 5.28. The van der Waals surface area contributed by atoms with Gasteiger partial charge in [0.2, 0.25) is 0 Å². The van der Waals surface area contributed by atoms with Crippen LogP contribution in [0, 0.1) is 5.92 Å². The average molecular weight is 303 g/mol. The molecule has 1 saturated carbocycles. The fourth-order valence-electron chi connectivity index (χ4n) is 2.69. The molecule has 1 unspecified atom stereocenters. The topological polar surface area (TPSA) is 27.6 Å². The van der Waals surface area contributed by atoms with Crippen molar-refractivity contribution in [3.63, 3.8) is 0 Å². The highest BCUT2D eigenvalue weighted by molar-refractivity contribution is 7.99. The smallest absolute Gasteiger partial charge is 0.194 e. The molecule has 0 aromatic heterocycles. The Morgan fingerprint density at radius 1 is 1.29 bits per heavy atom. The van der Waals surface area contributed by atoms with Gasteiger partial charge in [-0.25, -0.2) is 0 Å². The number of thioether (sulfide) groups is 1. The lowest BCUT2D eigenvalue weighted by Crippen LogP contribution is -2.41. The van der Waals surface area contributed by atoms with E-state index in [1.54, 1.807) is 0 Å². The Kier molecular flexibility index (Phi) is 5.07.